The fourth-order valence-corrected chi connectivity index (χ4v) is 1.58. The van der Waals surface area contributed by atoms with Gasteiger partial charge in [0.25, 0.3) is 0 Å². The number of hydrogen-bond donors (Lipinski definition) is 3. The van der Waals surface area contributed by atoms with Crippen LogP contribution in [0.4, 0.5) is 8.78 Å². The van der Waals surface area contributed by atoms with Gasteiger partial charge in [-0.05, 0) is 34.5 Å². The van der Waals surface area contributed by atoms with E-state index in [2.05, 4.69) is 15.9 Å². The molecule has 0 fully saturated rings. The Bertz CT molecular complexity index is 373. The topological polar surface area (TPSA) is 60.7 Å². The predicted octanol–water partition coefficient (Wildman–Crippen LogP) is 1.50. The molecule has 0 bridgehead atoms. The van der Waals surface area contributed by atoms with Crippen molar-refractivity contribution < 1.29 is 24.1 Å². The summed E-state index contributed by atoms with van der Waals surface area (Å²) in [6, 6.07) is 1.68. The summed E-state index contributed by atoms with van der Waals surface area (Å²) in [5, 5.41) is 27.4. The maximum absolute atomic E-state index is 13.4. The lowest BCUT2D eigenvalue weighted by atomic mass is 10.0. The molecule has 16 heavy (non-hydrogen) atoms. The highest BCUT2D eigenvalue weighted by Gasteiger charge is 2.22. The van der Waals surface area contributed by atoms with Crippen LogP contribution >= 0.6 is 15.9 Å². The van der Waals surface area contributed by atoms with E-state index in [9.17, 15) is 19.0 Å². The average Bonchev–Trinajstić information content (AvgIpc) is 2.23. The second-order valence-electron chi connectivity index (χ2n) is 3.31. The van der Waals surface area contributed by atoms with Crippen molar-refractivity contribution in [1.82, 2.24) is 0 Å². The minimum absolute atomic E-state index is 0.0578. The van der Waals surface area contributed by atoms with Crippen molar-refractivity contribution in [3.8, 4) is 0 Å². The van der Waals surface area contributed by atoms with Gasteiger partial charge in [0.1, 0.15) is 17.7 Å². The highest BCUT2D eigenvalue weighted by Crippen LogP contribution is 2.26. The molecule has 2 atom stereocenters. The molecule has 2 unspecified atom stereocenters. The summed E-state index contributed by atoms with van der Waals surface area (Å²) in [6.45, 7) is -0.348. The monoisotopic (exact) mass is 296 g/mol. The fraction of sp³-hybridized carbons (Fsp3) is 0.400. The standard InChI is InChI=1S/C10H11BrF2O3/c11-6-4-7(12)5(3-8(6)13)10(16)9(15)1-2-14/h3-4,9-10,14-16H,1-2H2. The van der Waals surface area contributed by atoms with Crippen molar-refractivity contribution in [1.29, 1.82) is 0 Å². The van der Waals surface area contributed by atoms with Crippen molar-refractivity contribution in [2.75, 3.05) is 6.61 Å². The van der Waals surface area contributed by atoms with Gasteiger partial charge in [0, 0.05) is 12.2 Å². The first kappa shape index (κ1) is 13.5. The molecule has 3 N–H and O–H groups in total. The minimum atomic E-state index is -1.56. The zero-order valence-electron chi connectivity index (χ0n) is 8.20. The Balaban J connectivity index is 2.99. The third-order valence-corrected chi connectivity index (χ3v) is 2.76. The summed E-state index contributed by atoms with van der Waals surface area (Å²) in [5.74, 6) is -1.55. The van der Waals surface area contributed by atoms with E-state index in [0.717, 1.165) is 12.1 Å². The van der Waals surface area contributed by atoms with Gasteiger partial charge in [-0.25, -0.2) is 8.78 Å². The van der Waals surface area contributed by atoms with Crippen molar-refractivity contribution in [3.63, 3.8) is 0 Å². The normalized spacial score (nSPS) is 14.9. The van der Waals surface area contributed by atoms with Gasteiger partial charge in [-0.15, -0.1) is 0 Å². The van der Waals surface area contributed by atoms with Crippen molar-refractivity contribution in [3.05, 3.63) is 33.8 Å². The Morgan fingerprint density at radius 3 is 2.38 bits per heavy atom. The highest BCUT2D eigenvalue weighted by molar-refractivity contribution is 9.10. The first-order chi connectivity index (χ1) is 7.47. The van der Waals surface area contributed by atoms with Crippen LogP contribution in [0.2, 0.25) is 0 Å². The average molecular weight is 297 g/mol. The van der Waals surface area contributed by atoms with E-state index in [0.29, 0.717) is 0 Å². The van der Waals surface area contributed by atoms with Crippen LogP contribution in [-0.2, 0) is 0 Å². The molecule has 0 saturated carbocycles. The SMILES string of the molecule is OCCC(O)C(O)c1cc(F)c(Br)cc1F. The number of benzene rings is 1. The Morgan fingerprint density at radius 1 is 1.19 bits per heavy atom. The summed E-state index contributed by atoms with van der Waals surface area (Å²) >= 11 is 2.80. The Kier molecular flexibility index (Phi) is 4.79. The van der Waals surface area contributed by atoms with Gasteiger partial charge in [0.05, 0.1) is 10.6 Å². The molecule has 0 aliphatic rings. The summed E-state index contributed by atoms with van der Waals surface area (Å²) in [5.41, 5.74) is -0.332. The van der Waals surface area contributed by atoms with Crippen LogP contribution < -0.4 is 0 Å². The number of aliphatic hydroxyl groups is 3. The Morgan fingerprint density at radius 2 is 1.81 bits per heavy atom. The molecule has 0 amide bonds. The molecule has 90 valence electrons. The van der Waals surface area contributed by atoms with Crippen molar-refractivity contribution >= 4 is 15.9 Å². The zero-order chi connectivity index (χ0) is 12.3. The van der Waals surface area contributed by atoms with E-state index < -0.39 is 23.8 Å². The lowest BCUT2D eigenvalue weighted by Gasteiger charge is -2.18. The molecular formula is C10H11BrF2O3. The molecule has 0 spiro atoms. The van der Waals surface area contributed by atoms with Crippen molar-refractivity contribution in [2.45, 2.75) is 18.6 Å². The highest BCUT2D eigenvalue weighted by atomic mass is 79.9. The Labute approximate surface area is 99.5 Å². The summed E-state index contributed by atoms with van der Waals surface area (Å²) in [6.07, 6.45) is -3.01. The Hall–Kier alpha value is -0.560. The van der Waals surface area contributed by atoms with Crippen LogP contribution in [0.5, 0.6) is 0 Å². The third-order valence-electron chi connectivity index (χ3n) is 2.15. The van der Waals surface area contributed by atoms with Crippen LogP contribution in [0.1, 0.15) is 18.1 Å². The van der Waals surface area contributed by atoms with E-state index in [4.69, 9.17) is 5.11 Å². The van der Waals surface area contributed by atoms with Crippen molar-refractivity contribution in [2.24, 2.45) is 0 Å². The zero-order valence-corrected chi connectivity index (χ0v) is 9.79. The smallest absolute Gasteiger partial charge is 0.137 e. The van der Waals surface area contributed by atoms with Gasteiger partial charge in [-0.1, -0.05) is 0 Å². The maximum Gasteiger partial charge on any atom is 0.137 e. The first-order valence-electron chi connectivity index (χ1n) is 4.58. The summed E-state index contributed by atoms with van der Waals surface area (Å²) in [7, 11) is 0. The molecule has 0 saturated heterocycles. The van der Waals surface area contributed by atoms with Crippen LogP contribution in [0, 0.1) is 11.6 Å². The lowest BCUT2D eigenvalue weighted by molar-refractivity contribution is 0.00219. The van der Waals surface area contributed by atoms with Crippen LogP contribution in [0.3, 0.4) is 0 Å². The molecule has 1 rings (SSSR count). The van der Waals surface area contributed by atoms with E-state index >= 15 is 0 Å². The molecule has 0 radical (unpaired) electrons. The molecule has 3 nitrogen and oxygen atoms in total. The third kappa shape index (κ3) is 2.98. The molecule has 0 aromatic heterocycles. The second-order valence-corrected chi connectivity index (χ2v) is 4.17. The van der Waals surface area contributed by atoms with Crippen LogP contribution in [-0.4, -0.2) is 28.0 Å². The lowest BCUT2D eigenvalue weighted by Crippen LogP contribution is -2.20. The number of rotatable bonds is 4. The van der Waals surface area contributed by atoms with Crippen LogP contribution in [0.15, 0.2) is 16.6 Å². The number of hydrogen-bond acceptors (Lipinski definition) is 3. The second kappa shape index (κ2) is 5.67. The summed E-state index contributed by atoms with van der Waals surface area (Å²) < 4.78 is 26.4. The fourth-order valence-electron chi connectivity index (χ4n) is 1.26. The van der Waals surface area contributed by atoms with Gasteiger partial charge in [0.2, 0.25) is 0 Å². The van der Waals surface area contributed by atoms with Crippen LogP contribution in [0.25, 0.3) is 0 Å². The van der Waals surface area contributed by atoms with E-state index in [1.165, 1.54) is 0 Å². The van der Waals surface area contributed by atoms with Gasteiger partial charge in [-0.3, -0.25) is 0 Å². The van der Waals surface area contributed by atoms with E-state index in [-0.39, 0.29) is 23.1 Å². The molecule has 6 heteroatoms. The molecule has 0 aliphatic heterocycles. The van der Waals surface area contributed by atoms with E-state index in [1.54, 1.807) is 0 Å². The minimum Gasteiger partial charge on any atom is -0.396 e. The van der Waals surface area contributed by atoms with Gasteiger partial charge < -0.3 is 15.3 Å². The van der Waals surface area contributed by atoms with Gasteiger partial charge in [-0.2, -0.15) is 0 Å². The first-order valence-corrected chi connectivity index (χ1v) is 5.38. The molecule has 0 aliphatic carbocycles. The van der Waals surface area contributed by atoms with Gasteiger partial charge in [0.15, 0.2) is 0 Å². The molecule has 1 aromatic carbocycles. The van der Waals surface area contributed by atoms with Gasteiger partial charge >= 0.3 is 0 Å². The largest absolute Gasteiger partial charge is 0.396 e. The predicted molar refractivity (Wildman–Crippen MR) is 56.7 cm³/mol. The number of aliphatic hydroxyl groups excluding tert-OH is 3. The molecular weight excluding hydrogens is 286 g/mol. The quantitative estimate of drug-likeness (QED) is 0.738. The number of halogens is 3. The summed E-state index contributed by atoms with van der Waals surface area (Å²) in [4.78, 5) is 0. The van der Waals surface area contributed by atoms with E-state index in [1.807, 2.05) is 0 Å². The molecule has 1 aromatic rings. The molecule has 0 heterocycles. The maximum atomic E-state index is 13.4.